The van der Waals surface area contributed by atoms with E-state index in [1.165, 1.54) is 4.90 Å². The first-order valence-electron chi connectivity index (χ1n) is 9.18. The lowest BCUT2D eigenvalue weighted by Gasteiger charge is -2.14. The number of rotatable bonds is 7. The summed E-state index contributed by atoms with van der Waals surface area (Å²) in [4.78, 5) is 48.7. The number of amides is 4. The number of imide groups is 1. The first kappa shape index (κ1) is 20.7. The highest BCUT2D eigenvalue weighted by molar-refractivity contribution is 9.10. The molecule has 4 amide bonds. The van der Waals surface area contributed by atoms with Crippen LogP contribution in [0, 0.1) is 0 Å². The van der Waals surface area contributed by atoms with E-state index in [1.54, 1.807) is 36.4 Å². The number of likely N-dealkylation sites (tertiary alicyclic amines) is 1. The lowest BCUT2D eigenvalue weighted by Crippen LogP contribution is -2.29. The number of carbonyl (C=O) groups is 4. The maximum Gasteiger partial charge on any atom is 0.251 e. The standard InChI is InChI=1S/C21H20BrN3O4/c22-16-5-7-17(8-6-16)24-18(26)11-12-23-21(29)15-3-1-14(2-4-15)13-25-19(27)9-10-20(25)28/h1-8H,9-13H2,(H,23,29)(H,24,26). The van der Waals surface area contributed by atoms with Crippen molar-refractivity contribution >= 4 is 45.2 Å². The van der Waals surface area contributed by atoms with E-state index in [-0.39, 0.29) is 56.0 Å². The Kier molecular flexibility index (Phi) is 6.77. The molecule has 0 aliphatic carbocycles. The molecule has 3 rings (SSSR count). The Morgan fingerprint density at radius 1 is 0.931 bits per heavy atom. The van der Waals surface area contributed by atoms with E-state index in [0.717, 1.165) is 10.0 Å². The maximum atomic E-state index is 12.2. The molecule has 0 radical (unpaired) electrons. The van der Waals surface area contributed by atoms with Gasteiger partial charge in [0.05, 0.1) is 6.54 Å². The first-order valence-corrected chi connectivity index (χ1v) is 9.97. The Morgan fingerprint density at radius 2 is 1.55 bits per heavy atom. The lowest BCUT2D eigenvalue weighted by molar-refractivity contribution is -0.139. The van der Waals surface area contributed by atoms with Crippen molar-refractivity contribution in [3.8, 4) is 0 Å². The minimum Gasteiger partial charge on any atom is -0.352 e. The van der Waals surface area contributed by atoms with Gasteiger partial charge in [0.2, 0.25) is 17.7 Å². The minimum atomic E-state index is -0.290. The van der Waals surface area contributed by atoms with Gasteiger partial charge in [-0.2, -0.15) is 0 Å². The topological polar surface area (TPSA) is 95.6 Å². The summed E-state index contributed by atoms with van der Waals surface area (Å²) in [6.07, 6.45) is 0.669. The third-order valence-electron chi connectivity index (χ3n) is 4.48. The second kappa shape index (κ2) is 9.47. The molecule has 1 aliphatic rings. The number of carbonyl (C=O) groups excluding carboxylic acids is 4. The van der Waals surface area contributed by atoms with E-state index >= 15 is 0 Å². The zero-order valence-corrected chi connectivity index (χ0v) is 17.2. The third-order valence-corrected chi connectivity index (χ3v) is 5.01. The molecule has 150 valence electrons. The molecule has 2 aromatic rings. The van der Waals surface area contributed by atoms with E-state index < -0.39 is 0 Å². The van der Waals surface area contributed by atoms with Crippen LogP contribution in [0.15, 0.2) is 53.0 Å². The van der Waals surface area contributed by atoms with Crippen LogP contribution in [-0.2, 0) is 20.9 Å². The third kappa shape index (κ3) is 5.74. The molecule has 2 aromatic carbocycles. The van der Waals surface area contributed by atoms with Crippen LogP contribution in [-0.4, -0.2) is 35.1 Å². The fourth-order valence-corrected chi connectivity index (χ4v) is 3.16. The Morgan fingerprint density at radius 3 is 2.17 bits per heavy atom. The minimum absolute atomic E-state index is 0.152. The van der Waals surface area contributed by atoms with Gasteiger partial charge < -0.3 is 10.6 Å². The second-order valence-corrected chi connectivity index (χ2v) is 7.55. The summed E-state index contributed by atoms with van der Waals surface area (Å²) < 4.78 is 0.924. The van der Waals surface area contributed by atoms with Gasteiger partial charge in [-0.1, -0.05) is 28.1 Å². The van der Waals surface area contributed by atoms with E-state index in [0.29, 0.717) is 11.3 Å². The van der Waals surface area contributed by atoms with E-state index in [1.807, 2.05) is 12.1 Å². The second-order valence-electron chi connectivity index (χ2n) is 6.63. The van der Waals surface area contributed by atoms with Gasteiger partial charge >= 0.3 is 0 Å². The van der Waals surface area contributed by atoms with Crippen molar-refractivity contribution in [1.82, 2.24) is 10.2 Å². The molecule has 2 N–H and O–H groups in total. The Bertz CT molecular complexity index is 910. The van der Waals surface area contributed by atoms with Gasteiger partial charge in [0.15, 0.2) is 0 Å². The van der Waals surface area contributed by atoms with Crippen LogP contribution in [0.3, 0.4) is 0 Å². The Hall–Kier alpha value is -3.00. The van der Waals surface area contributed by atoms with E-state index in [2.05, 4.69) is 26.6 Å². The number of anilines is 1. The summed E-state index contributed by atoms with van der Waals surface area (Å²) in [7, 11) is 0. The van der Waals surface area contributed by atoms with Crippen LogP contribution in [0.2, 0.25) is 0 Å². The molecule has 1 fully saturated rings. The van der Waals surface area contributed by atoms with Crippen LogP contribution in [0.1, 0.15) is 35.2 Å². The van der Waals surface area contributed by atoms with Gasteiger partial charge in [-0.15, -0.1) is 0 Å². The van der Waals surface area contributed by atoms with E-state index in [4.69, 9.17) is 0 Å². The average molecular weight is 458 g/mol. The molecule has 0 atom stereocenters. The molecule has 0 spiro atoms. The number of halogens is 1. The smallest absolute Gasteiger partial charge is 0.251 e. The highest BCUT2D eigenvalue weighted by Crippen LogP contribution is 2.16. The molecule has 29 heavy (non-hydrogen) atoms. The molecule has 1 aliphatic heterocycles. The number of benzene rings is 2. The van der Waals surface area contributed by atoms with Crippen molar-refractivity contribution in [2.75, 3.05) is 11.9 Å². The lowest BCUT2D eigenvalue weighted by atomic mass is 10.1. The van der Waals surface area contributed by atoms with Gasteiger partial charge in [0.1, 0.15) is 0 Å². The summed E-state index contributed by atoms with van der Waals surface area (Å²) in [5, 5.41) is 5.47. The first-order chi connectivity index (χ1) is 13.9. The Balaban J connectivity index is 1.44. The summed E-state index contributed by atoms with van der Waals surface area (Å²) in [6.45, 7) is 0.426. The quantitative estimate of drug-likeness (QED) is 0.624. The normalized spacial score (nSPS) is 13.5. The van der Waals surface area contributed by atoms with Gasteiger partial charge in [0.25, 0.3) is 5.91 Å². The molecular weight excluding hydrogens is 438 g/mol. The predicted octanol–water partition coefficient (Wildman–Crippen LogP) is 2.86. The molecule has 0 saturated carbocycles. The number of nitrogens with zero attached hydrogens (tertiary/aromatic N) is 1. The zero-order valence-electron chi connectivity index (χ0n) is 15.6. The Labute approximate surface area is 176 Å². The fourth-order valence-electron chi connectivity index (χ4n) is 2.89. The molecule has 1 saturated heterocycles. The van der Waals surface area contributed by atoms with Crippen LogP contribution in [0.5, 0.6) is 0 Å². The number of hydrogen-bond acceptors (Lipinski definition) is 4. The average Bonchev–Trinajstić information content (AvgIpc) is 3.02. The number of hydrogen-bond donors (Lipinski definition) is 2. The number of nitrogens with one attached hydrogen (secondary N) is 2. The molecule has 1 heterocycles. The molecule has 0 unspecified atom stereocenters. The van der Waals surface area contributed by atoms with E-state index in [9.17, 15) is 19.2 Å². The molecular formula is C21H20BrN3O4. The monoisotopic (exact) mass is 457 g/mol. The van der Waals surface area contributed by atoms with Gasteiger partial charge in [-0.05, 0) is 42.0 Å². The van der Waals surface area contributed by atoms with Crippen molar-refractivity contribution in [1.29, 1.82) is 0 Å². The highest BCUT2D eigenvalue weighted by atomic mass is 79.9. The predicted molar refractivity (Wildman–Crippen MR) is 111 cm³/mol. The van der Waals surface area contributed by atoms with Gasteiger partial charge in [0, 0.05) is 41.5 Å². The van der Waals surface area contributed by atoms with Crippen LogP contribution < -0.4 is 10.6 Å². The van der Waals surface area contributed by atoms with Crippen molar-refractivity contribution < 1.29 is 19.2 Å². The van der Waals surface area contributed by atoms with Crippen LogP contribution in [0.25, 0.3) is 0 Å². The van der Waals surface area contributed by atoms with Crippen molar-refractivity contribution in [3.05, 3.63) is 64.1 Å². The molecule has 7 nitrogen and oxygen atoms in total. The largest absolute Gasteiger partial charge is 0.352 e. The maximum absolute atomic E-state index is 12.2. The van der Waals surface area contributed by atoms with Crippen molar-refractivity contribution in [3.63, 3.8) is 0 Å². The summed E-state index contributed by atoms with van der Waals surface area (Å²) >= 11 is 3.33. The summed E-state index contributed by atoms with van der Waals surface area (Å²) in [5.74, 6) is -0.819. The van der Waals surface area contributed by atoms with Gasteiger partial charge in [-0.3, -0.25) is 24.1 Å². The highest BCUT2D eigenvalue weighted by Gasteiger charge is 2.28. The molecule has 8 heteroatoms. The fraction of sp³-hybridized carbons (Fsp3) is 0.238. The van der Waals surface area contributed by atoms with Crippen LogP contribution >= 0.6 is 15.9 Å². The van der Waals surface area contributed by atoms with Crippen molar-refractivity contribution in [2.24, 2.45) is 0 Å². The van der Waals surface area contributed by atoms with Gasteiger partial charge in [-0.25, -0.2) is 0 Å². The zero-order chi connectivity index (χ0) is 20.8. The molecule has 0 aromatic heterocycles. The summed E-state index contributed by atoms with van der Waals surface area (Å²) in [5.41, 5.74) is 1.91. The van der Waals surface area contributed by atoms with Crippen molar-refractivity contribution in [2.45, 2.75) is 25.8 Å². The summed E-state index contributed by atoms with van der Waals surface area (Å²) in [6, 6.07) is 13.9. The molecule has 0 bridgehead atoms. The SMILES string of the molecule is O=C(CCNC(=O)c1ccc(CN2C(=O)CCC2=O)cc1)Nc1ccc(Br)cc1. The van der Waals surface area contributed by atoms with Crippen LogP contribution in [0.4, 0.5) is 5.69 Å².